The largest absolute Gasteiger partial charge is 0.310 e. The number of rotatable bonds is 11. The van der Waals surface area contributed by atoms with Crippen LogP contribution in [-0.2, 0) is 0 Å². The van der Waals surface area contributed by atoms with Crippen LogP contribution in [0.2, 0.25) is 0 Å². The minimum Gasteiger partial charge on any atom is -0.310 e. The highest BCUT2D eigenvalue weighted by molar-refractivity contribution is 6.16. The highest BCUT2D eigenvalue weighted by atomic mass is 15.1. The van der Waals surface area contributed by atoms with E-state index in [0.29, 0.717) is 0 Å². The molecule has 0 N–H and O–H groups in total. The Kier molecular flexibility index (Phi) is 11.6. The number of hydrogen-bond donors (Lipinski definition) is 0. The Morgan fingerprint density at radius 1 is 0.230 bits per heavy atom. The summed E-state index contributed by atoms with van der Waals surface area (Å²) in [6.07, 6.45) is 0. The molecule has 0 aliphatic carbocycles. The van der Waals surface area contributed by atoms with Crippen LogP contribution < -0.4 is 4.90 Å². The van der Waals surface area contributed by atoms with E-state index in [2.05, 4.69) is 313 Å². The number of aromatic nitrogens is 1. The highest BCUT2D eigenvalue weighted by Crippen LogP contribution is 2.45. The van der Waals surface area contributed by atoms with E-state index in [9.17, 15) is 0 Å². The summed E-state index contributed by atoms with van der Waals surface area (Å²) in [5.74, 6) is 0. The van der Waals surface area contributed by atoms with Gasteiger partial charge in [0.05, 0.1) is 16.7 Å². The van der Waals surface area contributed by atoms with Gasteiger partial charge >= 0.3 is 0 Å². The number of nitrogens with zero attached hydrogens (tertiary/aromatic N) is 2. The van der Waals surface area contributed by atoms with Crippen LogP contribution in [0.1, 0.15) is 0 Å². The van der Waals surface area contributed by atoms with Crippen molar-refractivity contribution in [1.82, 2.24) is 4.57 Å². The molecule has 2 heteroatoms. The molecular weight excluding hydrogens is 893 g/mol. The first kappa shape index (κ1) is 44.2. The molecule has 74 heavy (non-hydrogen) atoms. The second-order valence-corrected chi connectivity index (χ2v) is 18.9. The van der Waals surface area contributed by atoms with Crippen molar-refractivity contribution in [2.45, 2.75) is 0 Å². The molecule has 0 spiro atoms. The van der Waals surface area contributed by atoms with E-state index in [1.807, 2.05) is 0 Å². The topological polar surface area (TPSA) is 8.17 Å². The van der Waals surface area contributed by atoms with Crippen LogP contribution in [0.4, 0.5) is 17.1 Å². The molecule has 0 bridgehead atoms. The summed E-state index contributed by atoms with van der Waals surface area (Å²) in [6.45, 7) is 0. The first-order valence-electron chi connectivity index (χ1n) is 25.4. The third-order valence-corrected chi connectivity index (χ3v) is 14.4. The Labute approximate surface area is 433 Å². The van der Waals surface area contributed by atoms with Crippen LogP contribution >= 0.6 is 0 Å². The molecule has 0 fully saturated rings. The molecule has 13 rings (SSSR count). The van der Waals surface area contributed by atoms with Gasteiger partial charge in [0.25, 0.3) is 0 Å². The maximum absolute atomic E-state index is 2.42. The van der Waals surface area contributed by atoms with Crippen LogP contribution in [0.5, 0.6) is 0 Å². The average molecular weight is 943 g/mol. The van der Waals surface area contributed by atoms with Gasteiger partial charge in [0.15, 0.2) is 0 Å². The van der Waals surface area contributed by atoms with E-state index in [1.165, 1.54) is 77.4 Å². The zero-order chi connectivity index (χ0) is 49.2. The molecule has 0 unspecified atom stereocenters. The quantitative estimate of drug-likeness (QED) is 0.125. The van der Waals surface area contributed by atoms with Crippen LogP contribution in [0.15, 0.2) is 303 Å². The third kappa shape index (κ3) is 8.45. The van der Waals surface area contributed by atoms with Crippen molar-refractivity contribution in [3.8, 4) is 83.6 Å². The molecule has 13 aromatic rings. The van der Waals surface area contributed by atoms with Gasteiger partial charge in [-0.2, -0.15) is 0 Å². The first-order valence-corrected chi connectivity index (χ1v) is 25.4. The van der Waals surface area contributed by atoms with Crippen molar-refractivity contribution < 1.29 is 0 Å². The molecule has 0 atom stereocenters. The average Bonchev–Trinajstić information content (AvgIpc) is 3.84. The smallest absolute Gasteiger partial charge is 0.0547 e. The SMILES string of the molecule is c1ccc(-c2cccc(-c3ccc(N(c4ccc(-c5cc(-c6ccccc6)cc(-c6ccccc6)c5)cc4)c4ccccc4-c4cccc(-c5cccc6c5c5ccccc5n6-c5ccccc5)c4)cc3)c2)cc1. The van der Waals surface area contributed by atoms with Gasteiger partial charge in [-0.3, -0.25) is 0 Å². The lowest BCUT2D eigenvalue weighted by molar-refractivity contribution is 1.18. The lowest BCUT2D eigenvalue weighted by atomic mass is 9.93. The molecule has 1 heterocycles. The van der Waals surface area contributed by atoms with E-state index < -0.39 is 0 Å². The fraction of sp³-hybridized carbons (Fsp3) is 0. The van der Waals surface area contributed by atoms with Crippen LogP contribution in [-0.4, -0.2) is 4.57 Å². The lowest BCUT2D eigenvalue weighted by Gasteiger charge is -2.28. The minimum absolute atomic E-state index is 1.07. The molecule has 0 aliphatic rings. The molecule has 12 aromatic carbocycles. The summed E-state index contributed by atoms with van der Waals surface area (Å²) in [5.41, 5.74) is 23.3. The molecule has 0 saturated heterocycles. The van der Waals surface area contributed by atoms with Crippen molar-refractivity contribution in [2.75, 3.05) is 4.90 Å². The highest BCUT2D eigenvalue weighted by Gasteiger charge is 2.20. The molecular formula is C72H50N2. The standard InChI is InChI=1S/C72H50N2/c1-5-20-51(21-6-1)56-26-17-27-57(46-56)54-38-42-64(43-39-54)73(65-44-40-55(41-45-65)62-49-60(52-22-7-2-8-23-52)48-61(50-62)53-24-9-3-10-25-53)69-35-15-13-32-66(69)58-28-18-29-59(47-58)67-34-19-37-71-72(67)68-33-14-16-36-70(68)74(71)63-30-11-4-12-31-63/h1-50H. The Bertz CT molecular complexity index is 4030. The van der Waals surface area contributed by atoms with Gasteiger partial charge in [0.1, 0.15) is 0 Å². The Balaban J connectivity index is 0.932. The molecule has 0 amide bonds. The second kappa shape index (κ2) is 19.4. The zero-order valence-electron chi connectivity index (χ0n) is 40.8. The normalized spacial score (nSPS) is 11.2. The molecule has 0 saturated carbocycles. The lowest BCUT2D eigenvalue weighted by Crippen LogP contribution is -2.11. The second-order valence-electron chi connectivity index (χ2n) is 18.9. The molecule has 348 valence electrons. The van der Waals surface area contributed by atoms with E-state index >= 15 is 0 Å². The van der Waals surface area contributed by atoms with Gasteiger partial charge in [-0.25, -0.2) is 0 Å². The number of anilines is 3. The molecule has 1 aromatic heterocycles. The van der Waals surface area contributed by atoms with Crippen LogP contribution in [0.25, 0.3) is 105 Å². The maximum Gasteiger partial charge on any atom is 0.0547 e. The number of fused-ring (bicyclic) bond motifs is 3. The minimum atomic E-state index is 1.07. The Morgan fingerprint density at radius 3 is 1.18 bits per heavy atom. The van der Waals surface area contributed by atoms with Crippen molar-refractivity contribution in [3.05, 3.63) is 303 Å². The third-order valence-electron chi connectivity index (χ3n) is 14.4. The van der Waals surface area contributed by atoms with Crippen molar-refractivity contribution in [1.29, 1.82) is 0 Å². The van der Waals surface area contributed by atoms with Crippen LogP contribution in [0.3, 0.4) is 0 Å². The summed E-state index contributed by atoms with van der Waals surface area (Å²) < 4.78 is 2.39. The van der Waals surface area contributed by atoms with Crippen LogP contribution in [0, 0.1) is 0 Å². The first-order chi connectivity index (χ1) is 36.7. The number of benzene rings is 12. The summed E-state index contributed by atoms with van der Waals surface area (Å²) in [5, 5.41) is 2.49. The Morgan fingerprint density at radius 2 is 0.595 bits per heavy atom. The van der Waals surface area contributed by atoms with E-state index in [4.69, 9.17) is 0 Å². The molecule has 2 nitrogen and oxygen atoms in total. The van der Waals surface area contributed by atoms with E-state index in [0.717, 1.165) is 45.0 Å². The summed E-state index contributed by atoms with van der Waals surface area (Å²) in [7, 11) is 0. The predicted molar refractivity (Wildman–Crippen MR) is 314 cm³/mol. The van der Waals surface area contributed by atoms with Gasteiger partial charge in [-0.05, 0) is 157 Å². The molecule has 0 aliphatic heterocycles. The number of hydrogen-bond acceptors (Lipinski definition) is 1. The summed E-state index contributed by atoms with van der Waals surface area (Å²) >= 11 is 0. The van der Waals surface area contributed by atoms with Crippen molar-refractivity contribution >= 4 is 38.9 Å². The van der Waals surface area contributed by atoms with Gasteiger partial charge in [-0.15, -0.1) is 0 Å². The van der Waals surface area contributed by atoms with Gasteiger partial charge in [0, 0.05) is 33.4 Å². The summed E-state index contributed by atoms with van der Waals surface area (Å²) in [4.78, 5) is 2.42. The monoisotopic (exact) mass is 942 g/mol. The van der Waals surface area contributed by atoms with Gasteiger partial charge < -0.3 is 9.47 Å². The van der Waals surface area contributed by atoms with E-state index in [-0.39, 0.29) is 0 Å². The predicted octanol–water partition coefficient (Wildman–Crippen LogP) is 19.9. The Hall–Kier alpha value is -9.76. The van der Waals surface area contributed by atoms with Gasteiger partial charge in [-0.1, -0.05) is 218 Å². The maximum atomic E-state index is 2.42. The number of para-hydroxylation sites is 3. The fourth-order valence-corrected chi connectivity index (χ4v) is 10.8. The van der Waals surface area contributed by atoms with Crippen molar-refractivity contribution in [2.24, 2.45) is 0 Å². The van der Waals surface area contributed by atoms with E-state index in [1.54, 1.807) is 0 Å². The van der Waals surface area contributed by atoms with Crippen molar-refractivity contribution in [3.63, 3.8) is 0 Å². The molecule has 0 radical (unpaired) electrons. The fourth-order valence-electron chi connectivity index (χ4n) is 10.8. The van der Waals surface area contributed by atoms with Gasteiger partial charge in [0.2, 0.25) is 0 Å². The summed E-state index contributed by atoms with van der Waals surface area (Å²) in [6, 6.07) is 110. The zero-order valence-corrected chi connectivity index (χ0v) is 40.8.